The number of aliphatic carboxylic acids is 1. The summed E-state index contributed by atoms with van der Waals surface area (Å²) >= 11 is 0. The van der Waals surface area contributed by atoms with E-state index in [2.05, 4.69) is 11.1 Å². The highest BCUT2D eigenvalue weighted by Gasteiger charge is 2.48. The monoisotopic (exact) mass is 271 g/mol. The van der Waals surface area contributed by atoms with Gasteiger partial charge in [-0.1, -0.05) is 6.42 Å². The first kappa shape index (κ1) is 12.9. The predicted molar refractivity (Wildman–Crippen MR) is 73.3 cm³/mol. The van der Waals surface area contributed by atoms with Gasteiger partial charge < -0.3 is 10.0 Å². The van der Waals surface area contributed by atoms with Crippen LogP contribution in [0.5, 0.6) is 0 Å². The zero-order chi connectivity index (χ0) is 14.3. The van der Waals surface area contributed by atoms with Crippen LogP contribution in [0.25, 0.3) is 0 Å². The third-order valence-electron chi connectivity index (χ3n) is 4.67. The van der Waals surface area contributed by atoms with Gasteiger partial charge in [0.2, 0.25) is 0 Å². The summed E-state index contributed by atoms with van der Waals surface area (Å²) in [4.78, 5) is 17.8. The summed E-state index contributed by atoms with van der Waals surface area (Å²) in [6.45, 7) is 2.56. The van der Waals surface area contributed by atoms with E-state index in [-0.39, 0.29) is 5.92 Å². The number of pyridine rings is 1. The molecule has 1 aliphatic carbocycles. The van der Waals surface area contributed by atoms with Crippen LogP contribution in [-0.2, 0) is 4.79 Å². The van der Waals surface area contributed by atoms with Crippen molar-refractivity contribution in [1.82, 2.24) is 4.98 Å². The zero-order valence-corrected chi connectivity index (χ0v) is 11.4. The van der Waals surface area contributed by atoms with Crippen molar-refractivity contribution in [2.75, 3.05) is 11.4 Å². The second-order valence-electron chi connectivity index (χ2n) is 5.73. The van der Waals surface area contributed by atoms with Crippen molar-refractivity contribution >= 4 is 11.8 Å². The Hall–Kier alpha value is -2.09. The maximum Gasteiger partial charge on any atom is 0.326 e. The third-order valence-corrected chi connectivity index (χ3v) is 4.67. The molecule has 104 valence electrons. The molecule has 0 amide bonds. The average Bonchev–Trinajstić information content (AvgIpc) is 2.97. The molecule has 3 rings (SSSR count). The molecule has 2 fully saturated rings. The number of hydrogen-bond acceptors (Lipinski definition) is 4. The van der Waals surface area contributed by atoms with Gasteiger partial charge in [0.05, 0.1) is 5.56 Å². The van der Waals surface area contributed by atoms with Crippen molar-refractivity contribution in [3.63, 3.8) is 0 Å². The molecule has 0 spiro atoms. The Kier molecular flexibility index (Phi) is 3.09. The van der Waals surface area contributed by atoms with Crippen LogP contribution in [0.1, 0.15) is 30.4 Å². The summed E-state index contributed by atoms with van der Waals surface area (Å²) in [7, 11) is 0. The highest BCUT2D eigenvalue weighted by molar-refractivity contribution is 5.80. The minimum atomic E-state index is -0.799. The van der Waals surface area contributed by atoms with Crippen molar-refractivity contribution in [2.24, 2.45) is 11.8 Å². The van der Waals surface area contributed by atoms with Gasteiger partial charge in [0.15, 0.2) is 0 Å². The fourth-order valence-corrected chi connectivity index (χ4v) is 3.74. The lowest BCUT2D eigenvalue weighted by Gasteiger charge is -2.26. The van der Waals surface area contributed by atoms with Crippen LogP contribution in [0.3, 0.4) is 0 Å². The van der Waals surface area contributed by atoms with Crippen LogP contribution in [0, 0.1) is 30.1 Å². The van der Waals surface area contributed by atoms with Gasteiger partial charge in [-0.25, -0.2) is 9.78 Å². The van der Waals surface area contributed by atoms with Crippen LogP contribution in [0.4, 0.5) is 5.82 Å². The molecule has 3 atom stereocenters. The zero-order valence-electron chi connectivity index (χ0n) is 11.4. The van der Waals surface area contributed by atoms with E-state index >= 15 is 0 Å². The van der Waals surface area contributed by atoms with E-state index in [9.17, 15) is 15.2 Å². The lowest BCUT2D eigenvalue weighted by atomic mass is 9.94. The van der Waals surface area contributed by atoms with E-state index in [0.717, 1.165) is 24.8 Å². The summed E-state index contributed by atoms with van der Waals surface area (Å²) in [5.74, 6) is 0.354. The number of aromatic nitrogens is 1. The second kappa shape index (κ2) is 4.78. The molecular weight excluding hydrogens is 254 g/mol. The summed E-state index contributed by atoms with van der Waals surface area (Å²) in [6, 6.07) is 3.42. The molecule has 1 N–H and O–H groups in total. The standard InChI is InChI=1S/C15H17N3O2/c1-9-5-6-17-14(12(9)7-16)18-8-10-3-2-4-11(10)13(18)15(19)20/h5-6,10-11,13H,2-4,8H2,1H3,(H,19,20). The molecule has 1 aliphatic heterocycles. The SMILES string of the molecule is Cc1ccnc(N2CC3CCCC3C2C(=O)O)c1C#N. The number of nitrogens with zero attached hydrogens (tertiary/aromatic N) is 3. The van der Waals surface area contributed by atoms with Gasteiger partial charge in [-0.3, -0.25) is 0 Å². The number of aryl methyl sites for hydroxylation is 1. The maximum atomic E-state index is 11.7. The minimum Gasteiger partial charge on any atom is -0.480 e. The molecule has 0 bridgehead atoms. The Morgan fingerprint density at radius 3 is 3.05 bits per heavy atom. The molecule has 20 heavy (non-hydrogen) atoms. The molecule has 1 saturated heterocycles. The molecule has 0 radical (unpaired) electrons. The van der Waals surface area contributed by atoms with E-state index in [4.69, 9.17) is 0 Å². The number of nitriles is 1. The number of carbonyl (C=O) groups is 1. The lowest BCUT2D eigenvalue weighted by Crippen LogP contribution is -2.40. The van der Waals surface area contributed by atoms with Crippen LogP contribution < -0.4 is 4.90 Å². The quantitative estimate of drug-likeness (QED) is 0.889. The molecule has 3 unspecified atom stereocenters. The Labute approximate surface area is 117 Å². The van der Waals surface area contributed by atoms with Gasteiger partial charge in [0, 0.05) is 12.7 Å². The largest absolute Gasteiger partial charge is 0.480 e. The fourth-order valence-electron chi connectivity index (χ4n) is 3.74. The van der Waals surface area contributed by atoms with Crippen molar-refractivity contribution in [3.8, 4) is 6.07 Å². The Bertz CT molecular complexity index is 593. The first-order chi connectivity index (χ1) is 9.63. The van der Waals surface area contributed by atoms with E-state index < -0.39 is 12.0 Å². The molecule has 2 heterocycles. The van der Waals surface area contributed by atoms with Crippen molar-refractivity contribution in [1.29, 1.82) is 5.26 Å². The van der Waals surface area contributed by atoms with Crippen LogP contribution in [0.2, 0.25) is 0 Å². The number of rotatable bonds is 2. The maximum absolute atomic E-state index is 11.7. The number of hydrogen-bond donors (Lipinski definition) is 1. The first-order valence-corrected chi connectivity index (χ1v) is 6.98. The topological polar surface area (TPSA) is 77.2 Å². The smallest absolute Gasteiger partial charge is 0.326 e. The fraction of sp³-hybridized carbons (Fsp3) is 0.533. The van der Waals surface area contributed by atoms with Crippen LogP contribution >= 0.6 is 0 Å². The number of carboxylic acid groups (broad SMARTS) is 1. The number of carboxylic acids is 1. The summed E-state index contributed by atoms with van der Waals surface area (Å²) < 4.78 is 0. The van der Waals surface area contributed by atoms with Gasteiger partial charge in [0.25, 0.3) is 0 Å². The normalized spacial score (nSPS) is 28.2. The highest BCUT2D eigenvalue weighted by atomic mass is 16.4. The van der Waals surface area contributed by atoms with Gasteiger partial charge in [0.1, 0.15) is 17.9 Å². The van der Waals surface area contributed by atoms with Gasteiger partial charge >= 0.3 is 5.97 Å². The molecule has 1 aromatic heterocycles. The van der Waals surface area contributed by atoms with Crippen molar-refractivity contribution < 1.29 is 9.90 Å². The van der Waals surface area contributed by atoms with E-state index in [1.807, 2.05) is 11.8 Å². The van der Waals surface area contributed by atoms with Gasteiger partial charge in [-0.15, -0.1) is 0 Å². The molecule has 1 aromatic rings. The number of fused-ring (bicyclic) bond motifs is 1. The molecule has 2 aliphatic rings. The van der Waals surface area contributed by atoms with Crippen molar-refractivity contribution in [3.05, 3.63) is 23.4 Å². The second-order valence-corrected chi connectivity index (χ2v) is 5.73. The van der Waals surface area contributed by atoms with Crippen LogP contribution in [0.15, 0.2) is 12.3 Å². The Morgan fingerprint density at radius 1 is 1.55 bits per heavy atom. The summed E-state index contributed by atoms with van der Waals surface area (Å²) in [5, 5.41) is 18.9. The highest BCUT2D eigenvalue weighted by Crippen LogP contribution is 2.44. The van der Waals surface area contributed by atoms with Crippen LogP contribution in [-0.4, -0.2) is 28.6 Å². The number of anilines is 1. The third kappa shape index (κ3) is 1.83. The molecule has 1 saturated carbocycles. The van der Waals surface area contributed by atoms with Gasteiger partial charge in [-0.2, -0.15) is 5.26 Å². The molecule has 0 aromatic carbocycles. The first-order valence-electron chi connectivity index (χ1n) is 6.98. The minimum absolute atomic E-state index is 0.196. The molecule has 5 heteroatoms. The Morgan fingerprint density at radius 2 is 2.35 bits per heavy atom. The average molecular weight is 271 g/mol. The van der Waals surface area contributed by atoms with E-state index in [1.165, 1.54) is 0 Å². The van der Waals surface area contributed by atoms with E-state index in [0.29, 0.717) is 23.8 Å². The lowest BCUT2D eigenvalue weighted by molar-refractivity contribution is -0.139. The summed E-state index contributed by atoms with van der Waals surface area (Å²) in [5.41, 5.74) is 1.34. The predicted octanol–water partition coefficient (Wildman–Crippen LogP) is 1.95. The van der Waals surface area contributed by atoms with Gasteiger partial charge in [-0.05, 0) is 43.2 Å². The van der Waals surface area contributed by atoms with Crippen molar-refractivity contribution in [2.45, 2.75) is 32.2 Å². The Balaban J connectivity index is 2.04. The van der Waals surface area contributed by atoms with E-state index in [1.54, 1.807) is 12.3 Å². The molecule has 5 nitrogen and oxygen atoms in total. The molecular formula is C15H17N3O2. The summed E-state index contributed by atoms with van der Waals surface area (Å²) in [6.07, 6.45) is 4.81.